The molecular weight excluding hydrogens is 346 g/mol. The molecule has 144 valence electrons. The van der Waals surface area contributed by atoms with Gasteiger partial charge in [-0.3, -0.25) is 4.79 Å². The van der Waals surface area contributed by atoms with Gasteiger partial charge in [0.2, 0.25) is 5.91 Å². The van der Waals surface area contributed by atoms with Crippen molar-refractivity contribution < 1.29 is 23.8 Å². The summed E-state index contributed by atoms with van der Waals surface area (Å²) in [4.78, 5) is 23.5. The number of rotatable bonds is 9. The fraction of sp³-hybridized carbons (Fsp3) is 0.333. The van der Waals surface area contributed by atoms with Gasteiger partial charge in [-0.1, -0.05) is 24.3 Å². The van der Waals surface area contributed by atoms with Crippen molar-refractivity contribution in [3.8, 4) is 11.5 Å². The topological polar surface area (TPSA) is 73.9 Å². The molecule has 0 saturated heterocycles. The lowest BCUT2D eigenvalue weighted by Gasteiger charge is -2.12. The number of carbonyl (C=O) groups excluding carboxylic acids is 2. The second kappa shape index (κ2) is 10.2. The minimum Gasteiger partial charge on any atom is -0.493 e. The molecule has 27 heavy (non-hydrogen) atoms. The molecule has 0 bridgehead atoms. The average Bonchev–Trinajstić information content (AvgIpc) is 2.71. The minimum atomic E-state index is -0.358. The van der Waals surface area contributed by atoms with E-state index in [0.717, 1.165) is 11.1 Å². The molecule has 0 aliphatic rings. The highest BCUT2D eigenvalue weighted by Gasteiger charge is 2.11. The van der Waals surface area contributed by atoms with Crippen LogP contribution in [0.5, 0.6) is 11.5 Å². The summed E-state index contributed by atoms with van der Waals surface area (Å²) >= 11 is 0. The number of aryl methyl sites for hydroxylation is 1. The van der Waals surface area contributed by atoms with Gasteiger partial charge < -0.3 is 19.5 Å². The number of hydrogen-bond donors (Lipinski definition) is 1. The van der Waals surface area contributed by atoms with Crippen LogP contribution in [-0.4, -0.2) is 39.8 Å². The Morgan fingerprint density at radius 3 is 2.30 bits per heavy atom. The van der Waals surface area contributed by atoms with E-state index in [-0.39, 0.29) is 11.9 Å². The summed E-state index contributed by atoms with van der Waals surface area (Å²) in [5, 5.41) is 2.91. The molecule has 1 amide bonds. The summed E-state index contributed by atoms with van der Waals surface area (Å²) in [6.07, 6.45) is 1.63. The normalized spacial score (nSPS) is 10.2. The van der Waals surface area contributed by atoms with E-state index in [0.29, 0.717) is 42.9 Å². The molecule has 0 saturated carbocycles. The van der Waals surface area contributed by atoms with Gasteiger partial charge in [0.25, 0.3) is 0 Å². The fourth-order valence-electron chi connectivity index (χ4n) is 2.76. The molecule has 0 aromatic heterocycles. The van der Waals surface area contributed by atoms with E-state index in [4.69, 9.17) is 9.47 Å². The van der Waals surface area contributed by atoms with Crippen LogP contribution < -0.4 is 14.8 Å². The van der Waals surface area contributed by atoms with Crippen molar-refractivity contribution >= 4 is 11.9 Å². The van der Waals surface area contributed by atoms with Gasteiger partial charge in [-0.05, 0) is 42.2 Å². The quantitative estimate of drug-likeness (QED) is 0.686. The van der Waals surface area contributed by atoms with Gasteiger partial charge in [-0.15, -0.1) is 0 Å². The summed E-state index contributed by atoms with van der Waals surface area (Å²) in [6, 6.07) is 12.8. The van der Waals surface area contributed by atoms with E-state index in [1.54, 1.807) is 26.4 Å². The van der Waals surface area contributed by atoms with Crippen LogP contribution in [0.2, 0.25) is 0 Å². The first-order valence-electron chi connectivity index (χ1n) is 8.72. The summed E-state index contributed by atoms with van der Waals surface area (Å²) in [5.41, 5.74) is 2.49. The molecule has 6 heteroatoms. The minimum absolute atomic E-state index is 0.0222. The molecule has 0 heterocycles. The Morgan fingerprint density at radius 1 is 0.926 bits per heavy atom. The van der Waals surface area contributed by atoms with E-state index in [1.807, 2.05) is 30.3 Å². The van der Waals surface area contributed by atoms with E-state index in [1.165, 1.54) is 7.11 Å². The zero-order valence-corrected chi connectivity index (χ0v) is 15.9. The maximum absolute atomic E-state index is 12.1. The Balaban J connectivity index is 1.79. The number of carbonyl (C=O) groups is 2. The van der Waals surface area contributed by atoms with Crippen LogP contribution in [0.15, 0.2) is 42.5 Å². The van der Waals surface area contributed by atoms with Gasteiger partial charge in [-0.2, -0.15) is 0 Å². The third kappa shape index (κ3) is 5.74. The van der Waals surface area contributed by atoms with Gasteiger partial charge in [0, 0.05) is 13.0 Å². The second-order valence-electron chi connectivity index (χ2n) is 5.94. The van der Waals surface area contributed by atoms with Crippen molar-refractivity contribution in [1.82, 2.24) is 5.32 Å². The molecule has 0 aliphatic carbocycles. The molecule has 0 fully saturated rings. The van der Waals surface area contributed by atoms with Crippen LogP contribution in [0.3, 0.4) is 0 Å². The van der Waals surface area contributed by atoms with Gasteiger partial charge in [0.15, 0.2) is 11.5 Å². The molecule has 0 unspecified atom stereocenters. The van der Waals surface area contributed by atoms with Crippen molar-refractivity contribution in [3.05, 3.63) is 59.2 Å². The molecule has 2 aromatic carbocycles. The highest BCUT2D eigenvalue weighted by atomic mass is 16.5. The SMILES string of the molecule is COC(=O)c1ccc(CCNC(=O)CCc2cccc(OC)c2OC)cc1. The largest absolute Gasteiger partial charge is 0.493 e. The second-order valence-corrected chi connectivity index (χ2v) is 5.94. The average molecular weight is 371 g/mol. The molecule has 1 N–H and O–H groups in total. The van der Waals surface area contributed by atoms with Crippen LogP contribution in [0.25, 0.3) is 0 Å². The summed E-state index contributed by atoms with van der Waals surface area (Å²) in [7, 11) is 4.53. The van der Waals surface area contributed by atoms with Gasteiger partial charge in [0.1, 0.15) is 0 Å². The van der Waals surface area contributed by atoms with Crippen LogP contribution in [0.4, 0.5) is 0 Å². The number of nitrogens with one attached hydrogen (secondary N) is 1. The lowest BCUT2D eigenvalue weighted by molar-refractivity contribution is -0.121. The molecule has 2 aromatic rings. The summed E-state index contributed by atoms with van der Waals surface area (Å²) in [5.74, 6) is 0.943. The van der Waals surface area contributed by atoms with Crippen molar-refractivity contribution in [3.63, 3.8) is 0 Å². The highest BCUT2D eigenvalue weighted by Crippen LogP contribution is 2.31. The number of hydrogen-bond acceptors (Lipinski definition) is 5. The summed E-state index contributed by atoms with van der Waals surface area (Å²) < 4.78 is 15.3. The lowest BCUT2D eigenvalue weighted by atomic mass is 10.1. The zero-order valence-electron chi connectivity index (χ0n) is 15.9. The molecule has 2 rings (SSSR count). The van der Waals surface area contributed by atoms with Crippen LogP contribution in [0.1, 0.15) is 27.9 Å². The Kier molecular flexibility index (Phi) is 7.67. The Bertz CT molecular complexity index is 771. The molecule has 0 atom stereocenters. The van der Waals surface area contributed by atoms with Crippen molar-refractivity contribution in [1.29, 1.82) is 0 Å². The Labute approximate surface area is 159 Å². The van der Waals surface area contributed by atoms with Crippen LogP contribution in [-0.2, 0) is 22.4 Å². The van der Waals surface area contributed by atoms with Crippen molar-refractivity contribution in [2.45, 2.75) is 19.3 Å². The molecule has 0 aliphatic heterocycles. The third-order valence-corrected chi connectivity index (χ3v) is 4.22. The van der Waals surface area contributed by atoms with Crippen molar-refractivity contribution in [2.75, 3.05) is 27.9 Å². The first-order chi connectivity index (χ1) is 13.1. The molecule has 6 nitrogen and oxygen atoms in total. The van der Waals surface area contributed by atoms with E-state index in [9.17, 15) is 9.59 Å². The van der Waals surface area contributed by atoms with Crippen LogP contribution >= 0.6 is 0 Å². The zero-order chi connectivity index (χ0) is 19.6. The van der Waals surface area contributed by atoms with E-state index < -0.39 is 0 Å². The number of benzene rings is 2. The first kappa shape index (κ1) is 20.3. The number of methoxy groups -OCH3 is 3. The maximum atomic E-state index is 12.1. The van der Waals surface area contributed by atoms with E-state index in [2.05, 4.69) is 10.1 Å². The Hall–Kier alpha value is -3.02. The third-order valence-electron chi connectivity index (χ3n) is 4.22. The van der Waals surface area contributed by atoms with Crippen molar-refractivity contribution in [2.24, 2.45) is 0 Å². The van der Waals surface area contributed by atoms with Crippen LogP contribution in [0, 0.1) is 0 Å². The smallest absolute Gasteiger partial charge is 0.337 e. The maximum Gasteiger partial charge on any atom is 0.337 e. The standard InChI is InChI=1S/C21H25NO5/c1-25-18-6-4-5-16(20(18)26-2)11-12-19(23)22-14-13-15-7-9-17(10-8-15)21(24)27-3/h4-10H,11-14H2,1-3H3,(H,22,23). The molecule has 0 spiro atoms. The fourth-order valence-corrected chi connectivity index (χ4v) is 2.76. The number of ether oxygens (including phenoxy) is 3. The van der Waals surface area contributed by atoms with E-state index >= 15 is 0 Å². The number of amides is 1. The summed E-state index contributed by atoms with van der Waals surface area (Å²) in [6.45, 7) is 0.533. The number of para-hydroxylation sites is 1. The predicted molar refractivity (Wildman–Crippen MR) is 102 cm³/mol. The Morgan fingerprint density at radius 2 is 1.67 bits per heavy atom. The number of esters is 1. The first-order valence-corrected chi connectivity index (χ1v) is 8.72. The molecular formula is C21H25NO5. The highest BCUT2D eigenvalue weighted by molar-refractivity contribution is 5.89. The van der Waals surface area contributed by atoms with Gasteiger partial charge in [-0.25, -0.2) is 4.79 Å². The monoisotopic (exact) mass is 371 g/mol. The van der Waals surface area contributed by atoms with Gasteiger partial charge >= 0.3 is 5.97 Å². The lowest BCUT2D eigenvalue weighted by Crippen LogP contribution is -2.25. The molecule has 0 radical (unpaired) electrons. The van der Waals surface area contributed by atoms with Gasteiger partial charge in [0.05, 0.1) is 26.9 Å². The predicted octanol–water partition coefficient (Wildman–Crippen LogP) is 2.78.